The molecular formula is C16H26BrN3O. The van der Waals surface area contributed by atoms with Crippen LogP contribution >= 0.6 is 15.9 Å². The normalized spacial score (nSPS) is 16.4. The topological polar surface area (TPSA) is 47.0 Å². The van der Waals surface area contributed by atoms with Crippen LogP contribution in [0.25, 0.3) is 0 Å². The van der Waals surface area contributed by atoms with Crippen molar-refractivity contribution in [1.29, 1.82) is 0 Å². The molecule has 1 aromatic rings. The van der Waals surface area contributed by atoms with Crippen LogP contribution in [0.1, 0.15) is 70.3 Å². The summed E-state index contributed by atoms with van der Waals surface area (Å²) in [6.07, 6.45) is 6.09. The molecule has 1 aliphatic rings. The van der Waals surface area contributed by atoms with E-state index in [4.69, 9.17) is 14.7 Å². The van der Waals surface area contributed by atoms with Crippen molar-refractivity contribution in [2.45, 2.75) is 64.4 Å². The summed E-state index contributed by atoms with van der Waals surface area (Å²) in [6.45, 7) is 7.09. The Balaban J connectivity index is 2.44. The summed E-state index contributed by atoms with van der Waals surface area (Å²) in [5.74, 6) is 2.19. The second-order valence-electron chi connectivity index (χ2n) is 6.22. The minimum absolute atomic E-state index is 0.475. The molecule has 0 aliphatic heterocycles. The predicted octanol–water partition coefficient (Wildman–Crippen LogP) is 4.60. The van der Waals surface area contributed by atoms with E-state index in [1.165, 1.54) is 25.7 Å². The zero-order valence-corrected chi connectivity index (χ0v) is 15.1. The van der Waals surface area contributed by atoms with Gasteiger partial charge in [0.25, 0.3) is 0 Å². The Labute approximate surface area is 136 Å². The van der Waals surface area contributed by atoms with Gasteiger partial charge in [-0.2, -0.15) is 0 Å². The molecular weight excluding hydrogens is 330 g/mol. The van der Waals surface area contributed by atoms with Gasteiger partial charge in [0.1, 0.15) is 11.4 Å². The molecule has 0 saturated heterocycles. The quantitative estimate of drug-likeness (QED) is 0.809. The molecule has 21 heavy (non-hydrogen) atoms. The molecule has 0 atom stereocenters. The summed E-state index contributed by atoms with van der Waals surface area (Å²) in [7, 11) is 1.71. The minimum atomic E-state index is -0.475. The second kappa shape index (κ2) is 7.05. The van der Waals surface area contributed by atoms with Crippen molar-refractivity contribution in [3.05, 3.63) is 16.0 Å². The monoisotopic (exact) mass is 355 g/mol. The van der Waals surface area contributed by atoms with Gasteiger partial charge in [-0.15, -0.1) is 0 Å². The summed E-state index contributed by atoms with van der Waals surface area (Å²) < 4.78 is 6.60. The molecule has 1 saturated carbocycles. The van der Waals surface area contributed by atoms with E-state index in [1.807, 2.05) is 13.8 Å². The minimum Gasteiger partial charge on any atom is -0.371 e. The van der Waals surface area contributed by atoms with E-state index in [0.717, 1.165) is 34.8 Å². The maximum absolute atomic E-state index is 5.57. The molecule has 0 spiro atoms. The van der Waals surface area contributed by atoms with Crippen molar-refractivity contribution in [3.63, 3.8) is 0 Å². The van der Waals surface area contributed by atoms with Crippen LogP contribution in [0.15, 0.2) is 4.47 Å². The molecule has 1 heterocycles. The predicted molar refractivity (Wildman–Crippen MR) is 89.8 cm³/mol. The van der Waals surface area contributed by atoms with E-state index in [1.54, 1.807) is 7.11 Å². The largest absolute Gasteiger partial charge is 0.371 e. The Morgan fingerprint density at radius 3 is 2.52 bits per heavy atom. The molecule has 0 unspecified atom stereocenters. The number of ether oxygens (including phenoxy) is 1. The molecule has 1 fully saturated rings. The number of methoxy groups -OCH3 is 1. The fourth-order valence-corrected chi connectivity index (χ4v) is 3.30. The first-order valence-corrected chi connectivity index (χ1v) is 8.65. The van der Waals surface area contributed by atoms with Gasteiger partial charge in [-0.3, -0.25) is 0 Å². The van der Waals surface area contributed by atoms with Crippen molar-refractivity contribution in [3.8, 4) is 0 Å². The molecule has 0 bridgehead atoms. The highest BCUT2D eigenvalue weighted by Crippen LogP contribution is 2.39. The third kappa shape index (κ3) is 3.75. The first kappa shape index (κ1) is 16.7. The van der Waals surface area contributed by atoms with Crippen molar-refractivity contribution in [2.24, 2.45) is 0 Å². The Hall–Kier alpha value is -0.680. The van der Waals surface area contributed by atoms with Gasteiger partial charge in [-0.25, -0.2) is 9.97 Å². The van der Waals surface area contributed by atoms with Gasteiger partial charge in [0.15, 0.2) is 5.82 Å². The van der Waals surface area contributed by atoms with Crippen molar-refractivity contribution in [2.75, 3.05) is 19.0 Å². The fraction of sp³-hybridized carbons (Fsp3) is 0.750. The molecule has 0 aromatic carbocycles. The number of hydrogen-bond donors (Lipinski definition) is 1. The molecule has 5 heteroatoms. The van der Waals surface area contributed by atoms with E-state index < -0.39 is 5.60 Å². The molecule has 2 rings (SSSR count). The molecule has 118 valence electrons. The number of nitrogens with zero attached hydrogens (tertiary/aromatic N) is 2. The van der Waals surface area contributed by atoms with Crippen LogP contribution in [0.3, 0.4) is 0 Å². The number of anilines is 1. The number of rotatable bonds is 6. The van der Waals surface area contributed by atoms with E-state index >= 15 is 0 Å². The molecule has 1 aliphatic carbocycles. The number of aromatic nitrogens is 2. The van der Waals surface area contributed by atoms with E-state index in [9.17, 15) is 0 Å². The Morgan fingerprint density at radius 2 is 1.95 bits per heavy atom. The average molecular weight is 356 g/mol. The van der Waals surface area contributed by atoms with Crippen molar-refractivity contribution in [1.82, 2.24) is 9.97 Å². The molecule has 0 radical (unpaired) electrons. The van der Waals surface area contributed by atoms with Crippen LogP contribution in [0.5, 0.6) is 0 Å². The molecule has 1 N–H and O–H groups in total. The first-order valence-electron chi connectivity index (χ1n) is 7.86. The smallest absolute Gasteiger partial charge is 0.162 e. The molecule has 1 aromatic heterocycles. The van der Waals surface area contributed by atoms with E-state index in [-0.39, 0.29) is 0 Å². The maximum atomic E-state index is 5.57. The average Bonchev–Trinajstić information content (AvgIpc) is 3.00. The van der Waals surface area contributed by atoms with E-state index in [2.05, 4.69) is 28.2 Å². The SMILES string of the molecule is CCCNc1nc(C(C)(C)OC)nc(C2CCCC2)c1Br. The van der Waals surface area contributed by atoms with Gasteiger partial charge in [0, 0.05) is 19.6 Å². The third-order valence-corrected chi connectivity index (χ3v) is 4.99. The molecule has 0 amide bonds. The maximum Gasteiger partial charge on any atom is 0.162 e. The van der Waals surface area contributed by atoms with Gasteiger partial charge in [-0.1, -0.05) is 19.8 Å². The Bertz CT molecular complexity index is 485. The summed E-state index contributed by atoms with van der Waals surface area (Å²) in [6, 6.07) is 0. The van der Waals surface area contributed by atoms with Gasteiger partial charge in [-0.05, 0) is 49.0 Å². The van der Waals surface area contributed by atoms with Crippen LogP contribution in [0.4, 0.5) is 5.82 Å². The lowest BCUT2D eigenvalue weighted by Gasteiger charge is -2.24. The van der Waals surface area contributed by atoms with Crippen LogP contribution in [-0.2, 0) is 10.3 Å². The van der Waals surface area contributed by atoms with Gasteiger partial charge < -0.3 is 10.1 Å². The second-order valence-corrected chi connectivity index (χ2v) is 7.01. The van der Waals surface area contributed by atoms with Crippen LogP contribution in [0.2, 0.25) is 0 Å². The molecule has 4 nitrogen and oxygen atoms in total. The zero-order chi connectivity index (χ0) is 15.5. The van der Waals surface area contributed by atoms with E-state index in [0.29, 0.717) is 5.92 Å². The zero-order valence-electron chi connectivity index (χ0n) is 13.5. The van der Waals surface area contributed by atoms with Gasteiger partial charge in [0.2, 0.25) is 0 Å². The first-order chi connectivity index (χ1) is 9.99. The lowest BCUT2D eigenvalue weighted by molar-refractivity contribution is 0.0113. The highest BCUT2D eigenvalue weighted by Gasteiger charge is 2.29. The number of halogens is 1. The number of hydrogen-bond acceptors (Lipinski definition) is 4. The van der Waals surface area contributed by atoms with Crippen LogP contribution < -0.4 is 5.32 Å². The van der Waals surface area contributed by atoms with Crippen LogP contribution in [-0.4, -0.2) is 23.6 Å². The third-order valence-electron chi connectivity index (χ3n) is 4.21. The van der Waals surface area contributed by atoms with Gasteiger partial charge >= 0.3 is 0 Å². The lowest BCUT2D eigenvalue weighted by Crippen LogP contribution is -2.25. The van der Waals surface area contributed by atoms with Crippen molar-refractivity contribution < 1.29 is 4.74 Å². The van der Waals surface area contributed by atoms with Crippen LogP contribution in [0, 0.1) is 0 Å². The van der Waals surface area contributed by atoms with Crippen molar-refractivity contribution >= 4 is 21.7 Å². The number of nitrogens with one attached hydrogen (secondary N) is 1. The standard InChI is InChI=1S/C16H26BrN3O/c1-5-10-18-14-12(17)13(11-8-6-7-9-11)19-15(20-14)16(2,3)21-4/h11H,5-10H2,1-4H3,(H,18,19,20). The van der Waals surface area contributed by atoms with Gasteiger partial charge in [0.05, 0.1) is 10.2 Å². The summed E-state index contributed by atoms with van der Waals surface area (Å²) >= 11 is 3.72. The lowest BCUT2D eigenvalue weighted by atomic mass is 10.0. The Morgan fingerprint density at radius 1 is 1.29 bits per heavy atom. The fourth-order valence-electron chi connectivity index (χ4n) is 2.66. The summed E-state index contributed by atoms with van der Waals surface area (Å²) in [4.78, 5) is 9.53. The highest BCUT2D eigenvalue weighted by molar-refractivity contribution is 9.10. The summed E-state index contributed by atoms with van der Waals surface area (Å²) in [5, 5.41) is 3.41. The summed E-state index contributed by atoms with van der Waals surface area (Å²) in [5.41, 5.74) is 0.665. The Kier molecular flexibility index (Phi) is 5.60. The highest BCUT2D eigenvalue weighted by atomic mass is 79.9.